The SMILES string of the molecule is CCCCS(=O)(=O)NC(CNC(=O)c1cn(C)c2cc(CNC3N=CCCN3)ccc2c1=O)C(=O)O. The first-order valence-electron chi connectivity index (χ1n) is 11.7. The van der Waals surface area contributed by atoms with E-state index in [2.05, 4.69) is 25.7 Å². The zero-order valence-corrected chi connectivity index (χ0v) is 21.1. The number of sulfonamides is 1. The number of rotatable bonds is 12. The van der Waals surface area contributed by atoms with E-state index in [0.717, 1.165) is 18.5 Å². The zero-order chi connectivity index (χ0) is 26.3. The Bertz CT molecular complexity index is 1310. The summed E-state index contributed by atoms with van der Waals surface area (Å²) in [6, 6.07) is 3.73. The molecule has 2 heterocycles. The second-order valence-electron chi connectivity index (χ2n) is 8.58. The van der Waals surface area contributed by atoms with Crippen molar-refractivity contribution in [3.05, 3.63) is 45.7 Å². The number of aliphatic imine (C=N–C) groups is 1. The van der Waals surface area contributed by atoms with Crippen LogP contribution in [-0.4, -0.2) is 67.4 Å². The fourth-order valence-electron chi connectivity index (χ4n) is 3.74. The molecule has 12 nitrogen and oxygen atoms in total. The Morgan fingerprint density at radius 1 is 1.33 bits per heavy atom. The van der Waals surface area contributed by atoms with Crippen molar-refractivity contribution >= 4 is 39.0 Å². The van der Waals surface area contributed by atoms with Crippen LogP contribution >= 0.6 is 0 Å². The van der Waals surface area contributed by atoms with Crippen molar-refractivity contribution in [1.82, 2.24) is 25.2 Å². The van der Waals surface area contributed by atoms with Crippen LogP contribution in [0.2, 0.25) is 0 Å². The minimum absolute atomic E-state index is 0.171. The summed E-state index contributed by atoms with van der Waals surface area (Å²) >= 11 is 0. The number of carboxylic acid groups (broad SMARTS) is 1. The first kappa shape index (κ1) is 27.5. The van der Waals surface area contributed by atoms with Crippen LogP contribution in [0.4, 0.5) is 0 Å². The first-order valence-corrected chi connectivity index (χ1v) is 13.4. The molecule has 0 aliphatic carbocycles. The molecular formula is C23H32N6O6S. The highest BCUT2D eigenvalue weighted by molar-refractivity contribution is 7.89. The second kappa shape index (κ2) is 12.2. The minimum Gasteiger partial charge on any atom is -0.480 e. The molecule has 0 saturated heterocycles. The van der Waals surface area contributed by atoms with Gasteiger partial charge in [-0.05, 0) is 30.5 Å². The Morgan fingerprint density at radius 3 is 2.78 bits per heavy atom. The molecule has 0 saturated carbocycles. The van der Waals surface area contributed by atoms with E-state index < -0.39 is 39.9 Å². The van der Waals surface area contributed by atoms with Gasteiger partial charge < -0.3 is 15.0 Å². The number of fused-ring (bicyclic) bond motifs is 1. The summed E-state index contributed by atoms with van der Waals surface area (Å²) in [6.07, 6.45) is 4.97. The van der Waals surface area contributed by atoms with Gasteiger partial charge in [-0.2, -0.15) is 4.72 Å². The summed E-state index contributed by atoms with van der Waals surface area (Å²) in [6.45, 7) is 2.67. The molecule has 1 aliphatic rings. The predicted octanol–water partition coefficient (Wildman–Crippen LogP) is -0.122. The normalized spacial score (nSPS) is 16.7. The van der Waals surface area contributed by atoms with Gasteiger partial charge >= 0.3 is 5.97 Å². The van der Waals surface area contributed by atoms with Crippen LogP contribution < -0.4 is 26.1 Å². The third-order valence-electron chi connectivity index (χ3n) is 5.72. The third kappa shape index (κ3) is 7.20. The Labute approximate surface area is 209 Å². The highest BCUT2D eigenvalue weighted by Gasteiger charge is 2.25. The number of benzene rings is 1. The zero-order valence-electron chi connectivity index (χ0n) is 20.3. The maximum Gasteiger partial charge on any atom is 0.323 e. The maximum absolute atomic E-state index is 13.0. The number of pyridine rings is 1. The van der Waals surface area contributed by atoms with Gasteiger partial charge in [0, 0.05) is 44.5 Å². The smallest absolute Gasteiger partial charge is 0.323 e. The number of carboxylic acids is 1. The van der Waals surface area contributed by atoms with E-state index in [-0.39, 0.29) is 17.6 Å². The molecular weight excluding hydrogens is 488 g/mol. The molecule has 36 heavy (non-hydrogen) atoms. The molecule has 1 aromatic heterocycles. The van der Waals surface area contributed by atoms with Crippen molar-refractivity contribution in [3.63, 3.8) is 0 Å². The standard InChI is InChI=1S/C23H32N6O6S/c1-3-4-10-36(34,35)28-18(22(32)33)13-26-21(31)17-14-29(2)19-11-15(6-7-16(19)20(17)30)12-27-23-24-8-5-9-25-23/h6-8,11,14,18,23,25,27-28H,3-5,9-10,12-13H2,1-2H3,(H,26,31)(H,32,33). The van der Waals surface area contributed by atoms with E-state index in [1.807, 2.05) is 19.2 Å². The highest BCUT2D eigenvalue weighted by atomic mass is 32.2. The van der Waals surface area contributed by atoms with Crippen LogP contribution in [0, 0.1) is 0 Å². The molecule has 0 spiro atoms. The van der Waals surface area contributed by atoms with Crippen LogP contribution in [0.15, 0.2) is 34.2 Å². The van der Waals surface area contributed by atoms with E-state index in [1.54, 1.807) is 23.7 Å². The van der Waals surface area contributed by atoms with Crippen LogP contribution in [-0.2, 0) is 28.4 Å². The lowest BCUT2D eigenvalue weighted by atomic mass is 10.1. The molecule has 13 heteroatoms. The van der Waals surface area contributed by atoms with Crippen molar-refractivity contribution in [2.45, 2.75) is 45.1 Å². The number of aliphatic carboxylic acids is 1. The Balaban J connectivity index is 1.72. The van der Waals surface area contributed by atoms with Gasteiger partial charge in [0.25, 0.3) is 5.91 Å². The number of carbonyl (C=O) groups excluding carboxylic acids is 1. The summed E-state index contributed by atoms with van der Waals surface area (Å²) in [5.41, 5.74) is 0.878. The molecule has 1 aromatic carbocycles. The molecule has 1 amide bonds. The summed E-state index contributed by atoms with van der Waals surface area (Å²) in [5.74, 6) is -2.44. The van der Waals surface area contributed by atoms with E-state index in [1.165, 1.54) is 6.20 Å². The summed E-state index contributed by atoms with van der Waals surface area (Å²) < 4.78 is 27.9. The number of unbranched alkanes of at least 4 members (excludes halogenated alkanes) is 1. The molecule has 2 unspecified atom stereocenters. The number of amides is 1. The lowest BCUT2D eigenvalue weighted by Crippen LogP contribution is -2.49. The second-order valence-corrected chi connectivity index (χ2v) is 10.5. The average Bonchev–Trinajstić information content (AvgIpc) is 2.86. The fraction of sp³-hybridized carbons (Fsp3) is 0.478. The molecule has 2 atom stereocenters. The largest absolute Gasteiger partial charge is 0.480 e. The maximum atomic E-state index is 13.0. The number of nitrogens with one attached hydrogen (secondary N) is 4. The van der Waals surface area contributed by atoms with E-state index in [4.69, 9.17) is 0 Å². The quantitative estimate of drug-likeness (QED) is 0.258. The van der Waals surface area contributed by atoms with E-state index in [9.17, 15) is 27.9 Å². The number of aromatic nitrogens is 1. The molecule has 196 valence electrons. The lowest BCUT2D eigenvalue weighted by molar-refractivity contribution is -0.138. The Hall–Kier alpha value is -3.13. The highest BCUT2D eigenvalue weighted by Crippen LogP contribution is 2.14. The number of hydrogen-bond acceptors (Lipinski definition) is 8. The average molecular weight is 521 g/mol. The molecule has 0 bridgehead atoms. The van der Waals surface area contributed by atoms with Gasteiger partial charge in [0.05, 0.1) is 11.3 Å². The van der Waals surface area contributed by atoms with Gasteiger partial charge in [-0.25, -0.2) is 8.42 Å². The topological polar surface area (TPSA) is 171 Å². The number of carbonyl (C=O) groups is 2. The minimum atomic E-state index is -3.83. The van der Waals surface area contributed by atoms with Gasteiger partial charge in [-0.3, -0.25) is 30.0 Å². The Morgan fingerprint density at radius 2 is 2.11 bits per heavy atom. The van der Waals surface area contributed by atoms with E-state index in [0.29, 0.717) is 30.3 Å². The summed E-state index contributed by atoms with van der Waals surface area (Å²) in [4.78, 5) is 41.6. The van der Waals surface area contributed by atoms with Gasteiger partial charge in [-0.1, -0.05) is 19.4 Å². The number of hydrogen-bond donors (Lipinski definition) is 5. The third-order valence-corrected chi connectivity index (χ3v) is 7.19. The van der Waals surface area contributed by atoms with Crippen LogP contribution in [0.5, 0.6) is 0 Å². The molecule has 1 aliphatic heterocycles. The molecule has 2 aromatic rings. The van der Waals surface area contributed by atoms with Crippen molar-refractivity contribution in [2.24, 2.45) is 12.0 Å². The number of aryl methyl sites for hydroxylation is 1. The van der Waals surface area contributed by atoms with Crippen LogP contribution in [0.3, 0.4) is 0 Å². The van der Waals surface area contributed by atoms with Gasteiger partial charge in [-0.15, -0.1) is 0 Å². The van der Waals surface area contributed by atoms with Crippen molar-refractivity contribution in [2.75, 3.05) is 18.8 Å². The fourth-order valence-corrected chi connectivity index (χ4v) is 5.14. The van der Waals surface area contributed by atoms with Gasteiger partial charge in [0.2, 0.25) is 15.5 Å². The summed E-state index contributed by atoms with van der Waals surface area (Å²) in [5, 5.41) is 18.6. The monoisotopic (exact) mass is 520 g/mol. The van der Waals surface area contributed by atoms with Crippen LogP contribution in [0.1, 0.15) is 42.1 Å². The molecule has 3 rings (SSSR count). The van der Waals surface area contributed by atoms with Gasteiger partial charge in [0.15, 0.2) is 6.29 Å². The first-order chi connectivity index (χ1) is 17.1. The summed E-state index contributed by atoms with van der Waals surface area (Å²) in [7, 11) is -2.13. The predicted molar refractivity (Wildman–Crippen MR) is 137 cm³/mol. The van der Waals surface area contributed by atoms with Crippen molar-refractivity contribution in [3.8, 4) is 0 Å². The molecule has 0 radical (unpaired) electrons. The van der Waals surface area contributed by atoms with Crippen LogP contribution in [0.25, 0.3) is 10.9 Å². The van der Waals surface area contributed by atoms with Gasteiger partial charge in [0.1, 0.15) is 11.6 Å². The molecule has 0 fully saturated rings. The lowest BCUT2D eigenvalue weighted by Gasteiger charge is -2.19. The Kier molecular flexibility index (Phi) is 9.31. The van der Waals surface area contributed by atoms with Crippen molar-refractivity contribution in [1.29, 1.82) is 0 Å². The van der Waals surface area contributed by atoms with Crippen molar-refractivity contribution < 1.29 is 23.1 Å². The van der Waals surface area contributed by atoms with E-state index >= 15 is 0 Å². The number of nitrogens with zero attached hydrogens (tertiary/aromatic N) is 2. The molecule has 5 N–H and O–H groups in total.